The summed E-state index contributed by atoms with van der Waals surface area (Å²) in [6.45, 7) is 4.68. The van der Waals surface area contributed by atoms with Crippen LogP contribution in [0.3, 0.4) is 0 Å². The molecule has 3 nitrogen and oxygen atoms in total. The lowest BCUT2D eigenvalue weighted by atomic mass is 9.94. The van der Waals surface area contributed by atoms with Crippen molar-refractivity contribution in [2.75, 3.05) is 19.6 Å². The van der Waals surface area contributed by atoms with Gasteiger partial charge in [0, 0.05) is 31.1 Å². The van der Waals surface area contributed by atoms with E-state index in [0.717, 1.165) is 52.0 Å². The minimum Gasteiger partial charge on any atom is -0.338 e. The van der Waals surface area contributed by atoms with Crippen LogP contribution in [0.2, 0.25) is 0 Å². The van der Waals surface area contributed by atoms with Gasteiger partial charge in [-0.3, -0.25) is 9.69 Å². The van der Waals surface area contributed by atoms with Gasteiger partial charge in [-0.2, -0.15) is 0 Å². The van der Waals surface area contributed by atoms with Crippen molar-refractivity contribution in [1.82, 2.24) is 9.80 Å². The first-order valence-corrected chi connectivity index (χ1v) is 9.78. The fraction of sp³-hybridized carbons (Fsp3) is 0.450. The highest BCUT2D eigenvalue weighted by atomic mass is 32.1. The van der Waals surface area contributed by atoms with Gasteiger partial charge in [-0.05, 0) is 48.4 Å². The molecule has 2 aliphatic rings. The van der Waals surface area contributed by atoms with Gasteiger partial charge in [-0.25, -0.2) is 0 Å². The summed E-state index contributed by atoms with van der Waals surface area (Å²) in [4.78, 5) is 19.0. The van der Waals surface area contributed by atoms with Crippen LogP contribution >= 0.6 is 11.3 Å². The molecule has 1 saturated heterocycles. The molecule has 1 aromatic heterocycles. The highest BCUT2D eigenvalue weighted by Crippen LogP contribution is 2.25. The maximum absolute atomic E-state index is 13.0. The molecule has 4 rings (SSSR count). The molecule has 0 N–H and O–H groups in total. The molecule has 24 heavy (non-hydrogen) atoms. The number of hydrogen-bond donors (Lipinski definition) is 0. The molecule has 1 fully saturated rings. The second kappa shape index (κ2) is 7.08. The van der Waals surface area contributed by atoms with Crippen LogP contribution in [0.5, 0.6) is 0 Å². The molecule has 0 saturated carbocycles. The summed E-state index contributed by atoms with van der Waals surface area (Å²) in [5.41, 5.74) is 2.73. The van der Waals surface area contributed by atoms with Gasteiger partial charge in [-0.15, -0.1) is 11.3 Å². The maximum Gasteiger partial charge on any atom is 0.227 e. The van der Waals surface area contributed by atoms with Gasteiger partial charge in [0.15, 0.2) is 0 Å². The number of nitrogens with zero attached hydrogens (tertiary/aromatic N) is 2. The number of benzene rings is 1. The van der Waals surface area contributed by atoms with Crippen LogP contribution in [0.1, 0.15) is 28.8 Å². The summed E-state index contributed by atoms with van der Waals surface area (Å²) in [6, 6.07) is 12.8. The molecule has 0 unspecified atom stereocenters. The van der Waals surface area contributed by atoms with E-state index in [2.05, 4.69) is 51.6 Å². The van der Waals surface area contributed by atoms with E-state index in [1.807, 2.05) is 11.3 Å². The predicted molar refractivity (Wildman–Crippen MR) is 97.9 cm³/mol. The molecular weight excluding hydrogens is 316 g/mol. The third-order valence-electron chi connectivity index (χ3n) is 5.26. The topological polar surface area (TPSA) is 23.6 Å². The SMILES string of the molecule is O=C([C@@H]1CCCN(Cc2cccs2)C1)N1CCc2ccccc2C1. The number of piperidine rings is 1. The molecule has 3 heterocycles. The lowest BCUT2D eigenvalue weighted by Gasteiger charge is -2.36. The standard InChI is InChI=1S/C20H24N2OS/c23-20(22-11-9-16-5-1-2-6-17(16)14-22)18-7-3-10-21(13-18)15-19-8-4-12-24-19/h1-2,4-6,8,12,18H,3,7,9-11,13-15H2/t18-/m1/s1. The molecule has 0 radical (unpaired) electrons. The minimum absolute atomic E-state index is 0.170. The molecular formula is C20H24N2OS. The van der Waals surface area contributed by atoms with Gasteiger partial charge in [0.05, 0.1) is 5.92 Å². The van der Waals surface area contributed by atoms with Gasteiger partial charge in [0.25, 0.3) is 0 Å². The van der Waals surface area contributed by atoms with Crippen LogP contribution in [0.4, 0.5) is 0 Å². The normalized spacial score (nSPS) is 21.5. The smallest absolute Gasteiger partial charge is 0.227 e. The highest BCUT2D eigenvalue weighted by molar-refractivity contribution is 7.09. The molecule has 0 aliphatic carbocycles. The van der Waals surface area contributed by atoms with E-state index in [-0.39, 0.29) is 5.92 Å². The van der Waals surface area contributed by atoms with Gasteiger partial charge >= 0.3 is 0 Å². The van der Waals surface area contributed by atoms with E-state index >= 15 is 0 Å². The van der Waals surface area contributed by atoms with Gasteiger partial charge < -0.3 is 4.90 Å². The number of thiophene rings is 1. The zero-order valence-electron chi connectivity index (χ0n) is 14.0. The van der Waals surface area contributed by atoms with E-state index in [1.54, 1.807) is 0 Å². The summed E-state index contributed by atoms with van der Waals surface area (Å²) in [5.74, 6) is 0.532. The summed E-state index contributed by atoms with van der Waals surface area (Å²) in [6.07, 6.45) is 3.16. The molecule has 2 aromatic rings. The summed E-state index contributed by atoms with van der Waals surface area (Å²) in [5, 5.41) is 2.13. The average molecular weight is 340 g/mol. The number of carbonyl (C=O) groups excluding carboxylic acids is 1. The first-order valence-electron chi connectivity index (χ1n) is 8.90. The minimum atomic E-state index is 0.170. The largest absolute Gasteiger partial charge is 0.338 e. The van der Waals surface area contributed by atoms with Crippen molar-refractivity contribution in [3.63, 3.8) is 0 Å². The summed E-state index contributed by atoms with van der Waals surface area (Å²) in [7, 11) is 0. The Labute approximate surface area is 147 Å². The second-order valence-electron chi connectivity index (χ2n) is 6.93. The fourth-order valence-corrected chi connectivity index (χ4v) is 4.71. The average Bonchev–Trinajstić information content (AvgIpc) is 3.14. The molecule has 1 aromatic carbocycles. The van der Waals surface area contributed by atoms with Crippen molar-refractivity contribution in [3.8, 4) is 0 Å². The molecule has 1 atom stereocenters. The Morgan fingerprint density at radius 1 is 1.12 bits per heavy atom. The quantitative estimate of drug-likeness (QED) is 0.853. The van der Waals surface area contributed by atoms with Crippen LogP contribution in [-0.2, 0) is 24.3 Å². The predicted octanol–water partition coefficient (Wildman–Crippen LogP) is 3.55. The van der Waals surface area contributed by atoms with Crippen molar-refractivity contribution in [2.45, 2.75) is 32.4 Å². The number of likely N-dealkylation sites (tertiary alicyclic amines) is 1. The van der Waals surface area contributed by atoms with E-state index < -0.39 is 0 Å². The van der Waals surface area contributed by atoms with Crippen LogP contribution < -0.4 is 0 Å². The molecule has 1 amide bonds. The molecule has 126 valence electrons. The zero-order chi connectivity index (χ0) is 16.4. The van der Waals surface area contributed by atoms with Crippen LogP contribution in [0, 0.1) is 5.92 Å². The van der Waals surface area contributed by atoms with Crippen molar-refractivity contribution in [3.05, 3.63) is 57.8 Å². The number of carbonyl (C=O) groups is 1. The van der Waals surface area contributed by atoms with Gasteiger partial charge in [0.2, 0.25) is 5.91 Å². The zero-order valence-corrected chi connectivity index (χ0v) is 14.8. The first-order chi connectivity index (χ1) is 11.8. The number of amides is 1. The molecule has 0 bridgehead atoms. The third-order valence-corrected chi connectivity index (χ3v) is 6.12. The Bertz CT molecular complexity index is 697. The number of rotatable bonds is 3. The highest BCUT2D eigenvalue weighted by Gasteiger charge is 2.30. The van der Waals surface area contributed by atoms with Crippen molar-refractivity contribution in [1.29, 1.82) is 0 Å². The van der Waals surface area contributed by atoms with Gasteiger partial charge in [-0.1, -0.05) is 30.3 Å². The Balaban J connectivity index is 1.39. The van der Waals surface area contributed by atoms with Crippen LogP contribution in [-0.4, -0.2) is 35.3 Å². The molecule has 2 aliphatic heterocycles. The Morgan fingerprint density at radius 2 is 2.00 bits per heavy atom. The van der Waals surface area contributed by atoms with E-state index in [0.29, 0.717) is 5.91 Å². The first kappa shape index (κ1) is 15.9. The number of hydrogen-bond acceptors (Lipinski definition) is 3. The Morgan fingerprint density at radius 3 is 2.83 bits per heavy atom. The third kappa shape index (κ3) is 3.40. The van der Waals surface area contributed by atoms with Crippen molar-refractivity contribution in [2.24, 2.45) is 5.92 Å². The number of fused-ring (bicyclic) bond motifs is 1. The monoisotopic (exact) mass is 340 g/mol. The Hall–Kier alpha value is -1.65. The summed E-state index contributed by atoms with van der Waals surface area (Å²) < 4.78 is 0. The molecule has 4 heteroatoms. The van der Waals surface area contributed by atoms with Crippen molar-refractivity contribution < 1.29 is 4.79 Å². The maximum atomic E-state index is 13.0. The second-order valence-corrected chi connectivity index (χ2v) is 7.96. The molecule has 0 spiro atoms. The van der Waals surface area contributed by atoms with Crippen molar-refractivity contribution >= 4 is 17.2 Å². The van der Waals surface area contributed by atoms with E-state index in [9.17, 15) is 4.79 Å². The summed E-state index contributed by atoms with van der Waals surface area (Å²) >= 11 is 1.81. The van der Waals surface area contributed by atoms with Crippen LogP contribution in [0.15, 0.2) is 41.8 Å². The van der Waals surface area contributed by atoms with Crippen LogP contribution in [0.25, 0.3) is 0 Å². The lowest BCUT2D eigenvalue weighted by molar-refractivity contribution is -0.138. The fourth-order valence-electron chi connectivity index (χ4n) is 3.97. The van der Waals surface area contributed by atoms with E-state index in [4.69, 9.17) is 0 Å². The Kier molecular flexibility index (Phi) is 4.67. The van der Waals surface area contributed by atoms with E-state index in [1.165, 1.54) is 16.0 Å². The lowest BCUT2D eigenvalue weighted by Crippen LogP contribution is -2.46. The van der Waals surface area contributed by atoms with Gasteiger partial charge in [0.1, 0.15) is 0 Å².